The minimum Gasteiger partial charge on any atom is -0.376 e. The Morgan fingerprint density at radius 2 is 1.88 bits per heavy atom. The molecule has 0 aromatic heterocycles. The molecule has 2 aliphatic heterocycles. The van der Waals surface area contributed by atoms with Crippen molar-refractivity contribution in [3.63, 3.8) is 0 Å². The molecule has 1 aromatic carbocycles. The first kappa shape index (κ1) is 18.5. The molecule has 0 radical (unpaired) electrons. The van der Waals surface area contributed by atoms with Crippen molar-refractivity contribution in [2.24, 2.45) is 0 Å². The summed E-state index contributed by atoms with van der Waals surface area (Å²) in [6.45, 7) is 0.698. The second kappa shape index (κ2) is 7.96. The Morgan fingerprint density at radius 1 is 1.19 bits per heavy atom. The van der Waals surface area contributed by atoms with Gasteiger partial charge in [0.2, 0.25) is 5.91 Å². The topological polar surface area (TPSA) is 91.5 Å². The predicted molar refractivity (Wildman–Crippen MR) is 92.4 cm³/mol. The summed E-state index contributed by atoms with van der Waals surface area (Å²) in [7, 11) is 0. The Labute approximate surface area is 149 Å². The summed E-state index contributed by atoms with van der Waals surface area (Å²) in [5.41, 5.74) is 1.02. The normalized spacial score (nSPS) is 24.2. The van der Waals surface area contributed by atoms with Crippen molar-refractivity contribution in [3.05, 3.63) is 24.3 Å². The van der Waals surface area contributed by atoms with Crippen LogP contribution in [-0.2, 0) is 9.53 Å². The summed E-state index contributed by atoms with van der Waals surface area (Å²) in [5.74, 6) is -3.36. The number of amides is 3. The molecule has 142 valence electrons. The number of urea groups is 1. The van der Waals surface area contributed by atoms with Gasteiger partial charge in [-0.3, -0.25) is 10.1 Å². The van der Waals surface area contributed by atoms with E-state index < -0.39 is 30.8 Å². The van der Waals surface area contributed by atoms with Crippen LogP contribution in [0.4, 0.5) is 25.0 Å². The molecule has 0 aliphatic carbocycles. The standard InChI is InChI=1S/C17H22F2N4O3/c18-17(19)8-14(21-10-17)15(24)22-11-3-5-12(6-4-11)23-16(25)20-9-13-2-1-7-26-13/h3-6,13-14,21H,1-2,7-10H2,(H,22,24)(H2,20,23,25). The molecule has 3 rings (SSSR count). The number of ether oxygens (including phenoxy) is 1. The molecule has 0 spiro atoms. The molecule has 4 N–H and O–H groups in total. The average Bonchev–Trinajstić information content (AvgIpc) is 3.24. The zero-order valence-corrected chi connectivity index (χ0v) is 14.2. The number of carbonyl (C=O) groups excluding carboxylic acids is 2. The molecular formula is C17H22F2N4O3. The summed E-state index contributed by atoms with van der Waals surface area (Å²) in [6.07, 6.45) is 1.50. The Kier molecular flexibility index (Phi) is 5.67. The highest BCUT2D eigenvalue weighted by molar-refractivity contribution is 5.95. The van der Waals surface area contributed by atoms with E-state index in [9.17, 15) is 18.4 Å². The van der Waals surface area contributed by atoms with Crippen molar-refractivity contribution < 1.29 is 23.1 Å². The van der Waals surface area contributed by atoms with Gasteiger partial charge in [0.05, 0.1) is 18.7 Å². The first-order valence-corrected chi connectivity index (χ1v) is 8.60. The number of carbonyl (C=O) groups is 2. The van der Waals surface area contributed by atoms with Gasteiger partial charge in [-0.15, -0.1) is 0 Å². The van der Waals surface area contributed by atoms with Crippen LogP contribution in [0.25, 0.3) is 0 Å². The molecule has 2 aliphatic rings. The van der Waals surface area contributed by atoms with E-state index in [-0.39, 0.29) is 12.1 Å². The van der Waals surface area contributed by atoms with Gasteiger partial charge in [-0.1, -0.05) is 0 Å². The van der Waals surface area contributed by atoms with E-state index in [0.717, 1.165) is 19.4 Å². The third kappa shape index (κ3) is 5.12. The van der Waals surface area contributed by atoms with Crippen LogP contribution in [0.3, 0.4) is 0 Å². The Balaban J connectivity index is 1.44. The molecule has 2 saturated heterocycles. The smallest absolute Gasteiger partial charge is 0.319 e. The van der Waals surface area contributed by atoms with E-state index in [0.29, 0.717) is 17.9 Å². The summed E-state index contributed by atoms with van der Waals surface area (Å²) < 4.78 is 31.7. The lowest BCUT2D eigenvalue weighted by Gasteiger charge is -2.13. The summed E-state index contributed by atoms with van der Waals surface area (Å²) in [4.78, 5) is 23.8. The maximum atomic E-state index is 13.1. The van der Waals surface area contributed by atoms with E-state index in [1.54, 1.807) is 24.3 Å². The number of anilines is 2. The average molecular weight is 368 g/mol. The first-order chi connectivity index (χ1) is 12.4. The SMILES string of the molecule is O=C(NCC1CCCO1)Nc1ccc(NC(=O)C2CC(F)(F)CN2)cc1. The zero-order chi connectivity index (χ0) is 18.6. The van der Waals surface area contributed by atoms with Crippen LogP contribution >= 0.6 is 0 Å². The van der Waals surface area contributed by atoms with Crippen LogP contribution < -0.4 is 21.3 Å². The minimum absolute atomic E-state index is 0.0647. The molecule has 3 amide bonds. The number of benzene rings is 1. The molecule has 7 nitrogen and oxygen atoms in total. The minimum atomic E-state index is -2.85. The van der Waals surface area contributed by atoms with Gasteiger partial charge in [0.15, 0.2) is 0 Å². The highest BCUT2D eigenvalue weighted by Gasteiger charge is 2.42. The van der Waals surface area contributed by atoms with Crippen LogP contribution in [0.2, 0.25) is 0 Å². The second-order valence-electron chi connectivity index (χ2n) is 6.53. The molecule has 1 aromatic rings. The second-order valence-corrected chi connectivity index (χ2v) is 6.53. The van der Waals surface area contributed by atoms with E-state index in [2.05, 4.69) is 21.3 Å². The number of hydrogen-bond donors (Lipinski definition) is 4. The number of halogens is 2. The summed E-state index contributed by atoms with van der Waals surface area (Å²) >= 11 is 0. The van der Waals surface area contributed by atoms with Gasteiger partial charge < -0.3 is 20.7 Å². The fraction of sp³-hybridized carbons (Fsp3) is 0.529. The highest BCUT2D eigenvalue weighted by atomic mass is 19.3. The van der Waals surface area contributed by atoms with Gasteiger partial charge in [0.1, 0.15) is 0 Å². The number of hydrogen-bond acceptors (Lipinski definition) is 4. The first-order valence-electron chi connectivity index (χ1n) is 8.60. The number of nitrogens with one attached hydrogen (secondary N) is 4. The van der Waals surface area contributed by atoms with Gasteiger partial charge in [0.25, 0.3) is 5.92 Å². The molecule has 2 unspecified atom stereocenters. The van der Waals surface area contributed by atoms with Crippen molar-refractivity contribution in [3.8, 4) is 0 Å². The Morgan fingerprint density at radius 3 is 2.46 bits per heavy atom. The maximum Gasteiger partial charge on any atom is 0.319 e. The van der Waals surface area contributed by atoms with Crippen molar-refractivity contribution in [2.75, 3.05) is 30.3 Å². The van der Waals surface area contributed by atoms with Gasteiger partial charge in [-0.25, -0.2) is 13.6 Å². The third-order valence-corrected chi connectivity index (χ3v) is 4.35. The van der Waals surface area contributed by atoms with Gasteiger partial charge >= 0.3 is 6.03 Å². The zero-order valence-electron chi connectivity index (χ0n) is 14.2. The summed E-state index contributed by atoms with van der Waals surface area (Å²) in [5, 5.41) is 10.5. The molecular weight excluding hydrogens is 346 g/mol. The van der Waals surface area contributed by atoms with Gasteiger partial charge in [-0.05, 0) is 37.1 Å². The van der Waals surface area contributed by atoms with Gasteiger partial charge in [0, 0.05) is 30.9 Å². The highest BCUT2D eigenvalue weighted by Crippen LogP contribution is 2.26. The fourth-order valence-corrected chi connectivity index (χ4v) is 2.95. The van der Waals surface area contributed by atoms with Crippen LogP contribution in [0.1, 0.15) is 19.3 Å². The van der Waals surface area contributed by atoms with Crippen molar-refractivity contribution in [1.29, 1.82) is 0 Å². The van der Waals surface area contributed by atoms with Crippen LogP contribution in [0, 0.1) is 0 Å². The lowest BCUT2D eigenvalue weighted by atomic mass is 10.2. The number of alkyl halides is 2. The third-order valence-electron chi connectivity index (χ3n) is 4.35. The monoisotopic (exact) mass is 368 g/mol. The van der Waals surface area contributed by atoms with E-state index in [1.165, 1.54) is 0 Å². The molecule has 0 bridgehead atoms. The molecule has 26 heavy (non-hydrogen) atoms. The van der Waals surface area contributed by atoms with Crippen LogP contribution in [0.15, 0.2) is 24.3 Å². The largest absolute Gasteiger partial charge is 0.376 e. The maximum absolute atomic E-state index is 13.1. The molecule has 0 saturated carbocycles. The lowest BCUT2D eigenvalue weighted by Crippen LogP contribution is -2.35. The van der Waals surface area contributed by atoms with Crippen molar-refractivity contribution in [1.82, 2.24) is 10.6 Å². The van der Waals surface area contributed by atoms with Crippen LogP contribution in [0.5, 0.6) is 0 Å². The summed E-state index contributed by atoms with van der Waals surface area (Å²) in [6, 6.07) is 5.19. The fourth-order valence-electron chi connectivity index (χ4n) is 2.95. The van der Waals surface area contributed by atoms with E-state index >= 15 is 0 Å². The van der Waals surface area contributed by atoms with E-state index in [4.69, 9.17) is 4.74 Å². The molecule has 2 fully saturated rings. The van der Waals surface area contributed by atoms with Crippen molar-refractivity contribution in [2.45, 2.75) is 37.3 Å². The number of rotatable bonds is 5. The molecule has 2 atom stereocenters. The Bertz CT molecular complexity index is 648. The van der Waals surface area contributed by atoms with E-state index in [1.807, 2.05) is 0 Å². The quantitative estimate of drug-likeness (QED) is 0.639. The van der Waals surface area contributed by atoms with Crippen molar-refractivity contribution >= 4 is 23.3 Å². The lowest BCUT2D eigenvalue weighted by molar-refractivity contribution is -0.118. The molecule has 9 heteroatoms. The predicted octanol–water partition coefficient (Wildman–Crippen LogP) is 1.92. The Hall–Kier alpha value is -2.26. The molecule has 2 heterocycles. The van der Waals surface area contributed by atoms with Crippen LogP contribution in [-0.4, -0.2) is 49.7 Å². The van der Waals surface area contributed by atoms with Gasteiger partial charge in [-0.2, -0.15) is 0 Å².